The summed E-state index contributed by atoms with van der Waals surface area (Å²) in [7, 11) is 4.50. The van der Waals surface area contributed by atoms with E-state index in [-0.39, 0.29) is 47.6 Å². The van der Waals surface area contributed by atoms with Crippen LogP contribution in [0.15, 0.2) is 0 Å². The van der Waals surface area contributed by atoms with E-state index in [1.165, 1.54) is 6.82 Å². The molecule has 0 unspecified atom stereocenters. The average Bonchev–Trinajstić information content (AvgIpc) is 1.00. The van der Waals surface area contributed by atoms with E-state index in [2.05, 4.69) is 7.85 Å². The first-order valence-electron chi connectivity index (χ1n) is 0.577. The molecule has 5 heavy (non-hydrogen) atoms. The average molecular weight is 147 g/mol. The van der Waals surface area contributed by atoms with Crippen LogP contribution in [0.5, 0.6) is 0 Å². The molecular formula is C3H11BY. The summed E-state index contributed by atoms with van der Waals surface area (Å²) in [5.41, 5.74) is 0. The van der Waals surface area contributed by atoms with Gasteiger partial charge in [-0.25, -0.2) is 0 Å². The van der Waals surface area contributed by atoms with Gasteiger partial charge in [-0.1, -0.05) is 21.7 Å². The molecular weight excluding hydrogens is 136 g/mol. The minimum Gasteiger partial charge on any atom is -0.0999 e. The number of hydrogen-bond acceptors (Lipinski definition) is 0. The van der Waals surface area contributed by atoms with Crippen LogP contribution in [-0.4, -0.2) is 7.85 Å². The molecule has 0 aliphatic rings. The van der Waals surface area contributed by atoms with Gasteiger partial charge in [0.15, 0.2) is 0 Å². The van der Waals surface area contributed by atoms with Gasteiger partial charge in [0.25, 0.3) is 0 Å². The molecule has 0 fully saturated rings. The monoisotopic (exact) mass is 147 g/mol. The molecule has 0 aliphatic heterocycles. The van der Waals surface area contributed by atoms with Gasteiger partial charge in [-0.05, 0) is 0 Å². The minimum atomic E-state index is 0. The van der Waals surface area contributed by atoms with Gasteiger partial charge >= 0.3 is 0 Å². The smallest absolute Gasteiger partial charge is 0.0606 e. The quantitative estimate of drug-likeness (QED) is 0.455. The fourth-order valence-electron chi connectivity index (χ4n) is 0. The van der Waals surface area contributed by atoms with Crippen LogP contribution in [0, 0.1) is 0 Å². The fraction of sp³-hybridized carbons (Fsp3) is 1.00. The molecule has 0 amide bonds. The third kappa shape index (κ3) is 38.0. The van der Waals surface area contributed by atoms with E-state index >= 15 is 0 Å². The standard InChI is InChI=1S/CH3B.2CH4.Y/c1-2;;;/h1H3;2*1H4;. The van der Waals surface area contributed by atoms with Gasteiger partial charge < -0.3 is 0 Å². The zero-order chi connectivity index (χ0) is 2.00. The molecule has 0 aromatic carbocycles. The van der Waals surface area contributed by atoms with Crippen LogP contribution < -0.4 is 0 Å². The summed E-state index contributed by atoms with van der Waals surface area (Å²) in [4.78, 5) is 0. The van der Waals surface area contributed by atoms with Crippen molar-refractivity contribution in [2.45, 2.75) is 21.7 Å². The van der Waals surface area contributed by atoms with E-state index < -0.39 is 0 Å². The summed E-state index contributed by atoms with van der Waals surface area (Å²) in [6, 6.07) is 0. The maximum absolute atomic E-state index is 4.50. The van der Waals surface area contributed by atoms with Crippen LogP contribution in [0.2, 0.25) is 6.82 Å². The number of rotatable bonds is 0. The summed E-state index contributed by atoms with van der Waals surface area (Å²) in [5, 5.41) is 0. The predicted molar refractivity (Wildman–Crippen MR) is 25.1 cm³/mol. The molecule has 2 heteroatoms. The van der Waals surface area contributed by atoms with Crippen LogP contribution in [0.4, 0.5) is 0 Å². The van der Waals surface area contributed by atoms with Crippen molar-refractivity contribution in [1.82, 2.24) is 0 Å². The molecule has 0 heterocycles. The van der Waals surface area contributed by atoms with E-state index in [1.54, 1.807) is 0 Å². The van der Waals surface area contributed by atoms with E-state index in [0.717, 1.165) is 0 Å². The summed E-state index contributed by atoms with van der Waals surface area (Å²) in [6.45, 7) is 1.50. The second-order valence-corrected chi connectivity index (χ2v) is 0. The zero-order valence-corrected chi connectivity index (χ0v) is 4.99. The van der Waals surface area contributed by atoms with Crippen LogP contribution >= 0.6 is 0 Å². The van der Waals surface area contributed by atoms with E-state index in [1.807, 2.05) is 0 Å². The molecule has 29 valence electrons. The molecule has 0 N–H and O–H groups in total. The van der Waals surface area contributed by atoms with Gasteiger partial charge in [0, 0.05) is 32.7 Å². The second-order valence-electron chi connectivity index (χ2n) is 0. The van der Waals surface area contributed by atoms with Gasteiger partial charge in [-0.15, -0.1) is 0 Å². The van der Waals surface area contributed by atoms with Crippen LogP contribution in [0.3, 0.4) is 0 Å². The topological polar surface area (TPSA) is 0 Å². The Balaban J connectivity index is -0.00000000167. The maximum atomic E-state index is 4.50. The summed E-state index contributed by atoms with van der Waals surface area (Å²) >= 11 is 0. The van der Waals surface area contributed by atoms with Crippen molar-refractivity contribution in [2.75, 3.05) is 0 Å². The molecule has 0 nitrogen and oxygen atoms in total. The van der Waals surface area contributed by atoms with Crippen LogP contribution in [0.25, 0.3) is 0 Å². The molecule has 3 radical (unpaired) electrons. The Morgan fingerprint density at radius 3 is 1.00 bits per heavy atom. The fourth-order valence-corrected chi connectivity index (χ4v) is 0. The van der Waals surface area contributed by atoms with Crippen LogP contribution in [-0.2, 0) is 32.7 Å². The van der Waals surface area contributed by atoms with Gasteiger partial charge in [0.1, 0.15) is 0 Å². The molecule has 0 atom stereocenters. The van der Waals surface area contributed by atoms with Gasteiger partial charge in [-0.3, -0.25) is 0 Å². The van der Waals surface area contributed by atoms with Crippen LogP contribution in [0.1, 0.15) is 14.9 Å². The molecule has 0 aliphatic carbocycles. The minimum absolute atomic E-state index is 0. The molecule has 0 saturated heterocycles. The Morgan fingerprint density at radius 2 is 1.00 bits per heavy atom. The SMILES string of the molecule is C.C.[B]C.[Y]. The first-order chi connectivity index (χ1) is 1.00. The second kappa shape index (κ2) is 65.8. The van der Waals surface area contributed by atoms with Gasteiger partial charge in [0.2, 0.25) is 0 Å². The van der Waals surface area contributed by atoms with Gasteiger partial charge in [0.05, 0.1) is 7.85 Å². The van der Waals surface area contributed by atoms with Gasteiger partial charge in [-0.2, -0.15) is 0 Å². The van der Waals surface area contributed by atoms with E-state index in [0.29, 0.717) is 0 Å². The van der Waals surface area contributed by atoms with Crippen molar-refractivity contribution < 1.29 is 32.7 Å². The molecule has 0 aromatic heterocycles. The molecule has 0 saturated carbocycles. The third-order valence-electron chi connectivity index (χ3n) is 0. The Bertz CT molecular complexity index is 6.85. The van der Waals surface area contributed by atoms with E-state index in [9.17, 15) is 0 Å². The van der Waals surface area contributed by atoms with Crippen molar-refractivity contribution in [2.24, 2.45) is 0 Å². The Morgan fingerprint density at radius 1 is 1.00 bits per heavy atom. The summed E-state index contributed by atoms with van der Waals surface area (Å²) < 4.78 is 0. The third-order valence-corrected chi connectivity index (χ3v) is 0. The number of hydrogen-bond donors (Lipinski definition) is 0. The predicted octanol–water partition coefficient (Wildman–Crippen LogP) is 1.47. The van der Waals surface area contributed by atoms with Crippen molar-refractivity contribution >= 4 is 7.85 Å². The Kier molecular flexibility index (Phi) is 461. The largest absolute Gasteiger partial charge is 0.0999 e. The summed E-state index contributed by atoms with van der Waals surface area (Å²) in [6.07, 6.45) is 0. The van der Waals surface area contributed by atoms with E-state index in [4.69, 9.17) is 0 Å². The van der Waals surface area contributed by atoms with Crippen molar-refractivity contribution in [3.05, 3.63) is 0 Å². The molecule has 0 aromatic rings. The molecule has 0 rings (SSSR count). The summed E-state index contributed by atoms with van der Waals surface area (Å²) in [5.74, 6) is 0. The first-order valence-corrected chi connectivity index (χ1v) is 0.577. The zero-order valence-electron chi connectivity index (χ0n) is 2.15. The Hall–Kier alpha value is 1.17. The van der Waals surface area contributed by atoms with Crippen molar-refractivity contribution in [1.29, 1.82) is 0 Å². The van der Waals surface area contributed by atoms with Crippen molar-refractivity contribution in [3.8, 4) is 0 Å². The molecule has 0 spiro atoms. The normalized spacial score (nSPS) is 1.00. The molecule has 0 bridgehead atoms. The maximum Gasteiger partial charge on any atom is 0.0606 e. The Labute approximate surface area is 62.0 Å². The van der Waals surface area contributed by atoms with Crippen molar-refractivity contribution in [3.63, 3.8) is 0 Å². The first kappa shape index (κ1) is 35.0.